The first kappa shape index (κ1) is 16.1. The van der Waals surface area contributed by atoms with Crippen molar-refractivity contribution in [2.24, 2.45) is 0 Å². The summed E-state index contributed by atoms with van der Waals surface area (Å²) in [6.07, 6.45) is -3.73. The van der Waals surface area contributed by atoms with Gasteiger partial charge in [0.2, 0.25) is 0 Å². The molecule has 1 fully saturated rings. The standard InChI is InChI=1S/C11H13F3N2O4S/c12-11(13,14)20-8-1-2-9(15-5-8)21(19)16-4-3-10(18,6-16)7-17/h1-2,5,17-18H,3-4,6-7H2. The summed E-state index contributed by atoms with van der Waals surface area (Å²) in [5.41, 5.74) is -1.31. The average molecular weight is 326 g/mol. The van der Waals surface area contributed by atoms with Gasteiger partial charge in [-0.05, 0) is 18.6 Å². The van der Waals surface area contributed by atoms with E-state index in [0.717, 1.165) is 18.3 Å². The summed E-state index contributed by atoms with van der Waals surface area (Å²) in [6.45, 7) is -0.169. The Bertz CT molecular complexity index is 525. The number of aliphatic hydroxyl groups is 2. The van der Waals surface area contributed by atoms with Crippen molar-refractivity contribution in [2.45, 2.75) is 23.4 Å². The zero-order valence-corrected chi connectivity index (χ0v) is 11.5. The van der Waals surface area contributed by atoms with Gasteiger partial charge in [0.05, 0.1) is 12.8 Å². The van der Waals surface area contributed by atoms with E-state index in [1.54, 1.807) is 0 Å². The Kier molecular flexibility index (Phi) is 4.51. The third-order valence-corrected chi connectivity index (χ3v) is 4.33. The number of ether oxygens (including phenoxy) is 1. The molecule has 1 aromatic rings. The van der Waals surface area contributed by atoms with E-state index < -0.39 is 35.3 Å². The number of pyridine rings is 1. The number of hydrogen-bond acceptors (Lipinski definition) is 5. The molecular formula is C11H13F3N2O4S. The van der Waals surface area contributed by atoms with Gasteiger partial charge in [0.25, 0.3) is 0 Å². The number of β-amino-alcohol motifs (C(OH)–C–C–N with tert-alkyl or cyclic N) is 1. The third-order valence-electron chi connectivity index (χ3n) is 2.95. The molecule has 1 aliphatic heterocycles. The second-order valence-corrected chi connectivity index (χ2v) is 6.06. The molecule has 1 aliphatic rings. The molecule has 21 heavy (non-hydrogen) atoms. The number of alkyl halides is 3. The predicted molar refractivity (Wildman–Crippen MR) is 65.6 cm³/mol. The molecule has 0 amide bonds. The molecule has 2 N–H and O–H groups in total. The van der Waals surface area contributed by atoms with Crippen LogP contribution in [0.3, 0.4) is 0 Å². The fourth-order valence-corrected chi connectivity index (χ4v) is 3.09. The van der Waals surface area contributed by atoms with Crippen LogP contribution in [-0.4, -0.2) is 55.4 Å². The Morgan fingerprint density at radius 1 is 1.48 bits per heavy atom. The van der Waals surface area contributed by atoms with Crippen molar-refractivity contribution < 1.29 is 32.3 Å². The molecule has 0 saturated carbocycles. The highest BCUT2D eigenvalue weighted by Gasteiger charge is 2.38. The molecule has 2 heterocycles. The van der Waals surface area contributed by atoms with Crippen molar-refractivity contribution >= 4 is 11.0 Å². The van der Waals surface area contributed by atoms with E-state index >= 15 is 0 Å². The van der Waals surface area contributed by atoms with Gasteiger partial charge in [-0.2, -0.15) is 0 Å². The van der Waals surface area contributed by atoms with Crippen LogP contribution in [0.15, 0.2) is 23.4 Å². The van der Waals surface area contributed by atoms with Gasteiger partial charge in [-0.15, -0.1) is 13.2 Å². The van der Waals surface area contributed by atoms with Crippen LogP contribution < -0.4 is 4.74 Å². The Morgan fingerprint density at radius 2 is 2.19 bits per heavy atom. The number of aromatic nitrogens is 1. The smallest absolute Gasteiger partial charge is 0.404 e. The molecule has 2 atom stereocenters. The van der Waals surface area contributed by atoms with Gasteiger partial charge in [0.15, 0.2) is 0 Å². The lowest BCUT2D eigenvalue weighted by atomic mass is 10.1. The normalized spacial score (nSPS) is 25.0. The molecule has 6 nitrogen and oxygen atoms in total. The lowest BCUT2D eigenvalue weighted by Gasteiger charge is -2.19. The molecule has 1 saturated heterocycles. The van der Waals surface area contributed by atoms with Crippen molar-refractivity contribution in [2.75, 3.05) is 19.7 Å². The Balaban J connectivity index is 2.04. The first-order valence-electron chi connectivity index (χ1n) is 5.94. The van der Waals surface area contributed by atoms with Crippen molar-refractivity contribution in [1.82, 2.24) is 9.29 Å². The van der Waals surface area contributed by atoms with Crippen LogP contribution in [0, 0.1) is 0 Å². The van der Waals surface area contributed by atoms with E-state index in [9.17, 15) is 22.5 Å². The van der Waals surface area contributed by atoms with Crippen molar-refractivity contribution in [3.63, 3.8) is 0 Å². The first-order chi connectivity index (χ1) is 9.72. The van der Waals surface area contributed by atoms with Gasteiger partial charge in [-0.25, -0.2) is 13.5 Å². The van der Waals surface area contributed by atoms with Gasteiger partial charge >= 0.3 is 6.36 Å². The van der Waals surface area contributed by atoms with Crippen LogP contribution in [0.1, 0.15) is 6.42 Å². The van der Waals surface area contributed by atoms with Crippen molar-refractivity contribution in [3.8, 4) is 5.75 Å². The molecule has 2 rings (SSSR count). The van der Waals surface area contributed by atoms with E-state index in [0.29, 0.717) is 0 Å². The average Bonchev–Trinajstić information content (AvgIpc) is 2.80. The lowest BCUT2D eigenvalue weighted by Crippen LogP contribution is -2.37. The topological polar surface area (TPSA) is 82.9 Å². The van der Waals surface area contributed by atoms with Gasteiger partial charge in [-0.3, -0.25) is 0 Å². The number of hydrogen-bond donors (Lipinski definition) is 2. The summed E-state index contributed by atoms with van der Waals surface area (Å²) in [7, 11) is -1.72. The van der Waals surface area contributed by atoms with Gasteiger partial charge in [0, 0.05) is 13.1 Å². The third kappa shape index (κ3) is 4.13. The first-order valence-corrected chi connectivity index (χ1v) is 7.05. The van der Waals surface area contributed by atoms with E-state index in [2.05, 4.69) is 9.72 Å². The monoisotopic (exact) mass is 326 g/mol. The zero-order chi connectivity index (χ0) is 15.7. The highest BCUT2D eigenvalue weighted by atomic mass is 32.2. The second-order valence-electron chi connectivity index (χ2n) is 4.63. The van der Waals surface area contributed by atoms with Crippen LogP contribution in [0.5, 0.6) is 5.75 Å². The minimum absolute atomic E-state index is 0.00140. The highest BCUT2D eigenvalue weighted by molar-refractivity contribution is 7.82. The molecule has 2 unspecified atom stereocenters. The van der Waals surface area contributed by atoms with Crippen LogP contribution in [0.4, 0.5) is 13.2 Å². The number of halogens is 3. The van der Waals surface area contributed by atoms with E-state index in [-0.39, 0.29) is 24.5 Å². The zero-order valence-electron chi connectivity index (χ0n) is 10.7. The van der Waals surface area contributed by atoms with Crippen LogP contribution in [0.2, 0.25) is 0 Å². The number of nitrogens with zero attached hydrogens (tertiary/aromatic N) is 2. The molecular weight excluding hydrogens is 313 g/mol. The van der Waals surface area contributed by atoms with Gasteiger partial charge in [-0.1, -0.05) is 0 Å². The molecule has 0 aliphatic carbocycles. The highest BCUT2D eigenvalue weighted by Crippen LogP contribution is 2.26. The SMILES string of the molecule is O=S(c1ccc(OC(F)(F)F)cn1)N1CCC(O)(CO)C1. The minimum atomic E-state index is -4.81. The summed E-state index contributed by atoms with van der Waals surface area (Å²) >= 11 is 0. The Hall–Kier alpha value is -1.23. The maximum Gasteiger partial charge on any atom is 0.573 e. The Morgan fingerprint density at radius 3 is 2.67 bits per heavy atom. The molecule has 10 heteroatoms. The molecule has 0 radical (unpaired) electrons. The summed E-state index contributed by atoms with van der Waals surface area (Å²) in [5.74, 6) is -0.503. The van der Waals surface area contributed by atoms with Gasteiger partial charge in [0.1, 0.15) is 27.4 Å². The molecule has 0 aromatic carbocycles. The fraction of sp³-hybridized carbons (Fsp3) is 0.545. The van der Waals surface area contributed by atoms with Crippen molar-refractivity contribution in [3.05, 3.63) is 18.3 Å². The molecule has 118 valence electrons. The molecule has 1 aromatic heterocycles. The summed E-state index contributed by atoms with van der Waals surface area (Å²) in [4.78, 5) is 3.67. The van der Waals surface area contributed by atoms with Crippen molar-refractivity contribution in [1.29, 1.82) is 0 Å². The minimum Gasteiger partial charge on any atom is -0.404 e. The molecule has 0 bridgehead atoms. The number of rotatable bonds is 4. The lowest BCUT2D eigenvalue weighted by molar-refractivity contribution is -0.274. The fourth-order valence-electron chi connectivity index (χ4n) is 1.89. The summed E-state index contributed by atoms with van der Waals surface area (Å²) in [6, 6.07) is 2.18. The maximum atomic E-state index is 12.2. The second kappa shape index (κ2) is 5.87. The predicted octanol–water partition coefficient (Wildman–Crippen LogP) is 0.432. The largest absolute Gasteiger partial charge is 0.573 e. The quantitative estimate of drug-likeness (QED) is 0.838. The summed E-state index contributed by atoms with van der Waals surface area (Å²) < 4.78 is 53.2. The number of aliphatic hydroxyl groups excluding tert-OH is 1. The molecule has 0 spiro atoms. The van der Waals surface area contributed by atoms with Crippen LogP contribution >= 0.6 is 0 Å². The summed E-state index contributed by atoms with van der Waals surface area (Å²) in [5, 5.41) is 18.9. The van der Waals surface area contributed by atoms with E-state index in [4.69, 9.17) is 5.11 Å². The maximum absolute atomic E-state index is 12.2. The van der Waals surface area contributed by atoms with Gasteiger partial charge < -0.3 is 14.9 Å². The van der Waals surface area contributed by atoms with Crippen LogP contribution in [0.25, 0.3) is 0 Å². The Labute approximate surface area is 120 Å². The van der Waals surface area contributed by atoms with E-state index in [1.807, 2.05) is 0 Å². The van der Waals surface area contributed by atoms with E-state index in [1.165, 1.54) is 4.31 Å². The van der Waals surface area contributed by atoms with Crippen LogP contribution in [-0.2, 0) is 11.0 Å².